The Labute approximate surface area is 116 Å². The molecule has 0 aromatic heterocycles. The zero-order valence-electron chi connectivity index (χ0n) is 11.9. The highest BCUT2D eigenvalue weighted by Crippen LogP contribution is 2.42. The van der Waals surface area contributed by atoms with E-state index in [4.69, 9.17) is 10.5 Å². The maximum Gasteiger partial charge on any atom is 0.0576 e. The molecule has 1 aromatic carbocycles. The first-order chi connectivity index (χ1) is 9.19. The van der Waals surface area contributed by atoms with E-state index in [9.17, 15) is 0 Å². The van der Waals surface area contributed by atoms with Crippen LogP contribution in [0.15, 0.2) is 24.3 Å². The van der Waals surface area contributed by atoms with Gasteiger partial charge in [0.05, 0.1) is 6.10 Å². The molecule has 0 bridgehead atoms. The van der Waals surface area contributed by atoms with Crippen LogP contribution in [-0.2, 0) is 10.3 Å². The average Bonchev–Trinajstić information content (AvgIpc) is 2.95. The minimum atomic E-state index is -0.130. The fourth-order valence-electron chi connectivity index (χ4n) is 3.69. The van der Waals surface area contributed by atoms with Crippen LogP contribution in [0.1, 0.15) is 62.5 Å². The molecule has 104 valence electrons. The van der Waals surface area contributed by atoms with Crippen LogP contribution in [-0.4, -0.2) is 12.7 Å². The van der Waals surface area contributed by atoms with Crippen molar-refractivity contribution in [1.29, 1.82) is 0 Å². The van der Waals surface area contributed by atoms with Crippen molar-refractivity contribution in [2.75, 3.05) is 6.61 Å². The molecule has 2 N–H and O–H groups in total. The van der Waals surface area contributed by atoms with Gasteiger partial charge < -0.3 is 10.5 Å². The number of hydrogen-bond donors (Lipinski definition) is 1. The number of hydrogen-bond acceptors (Lipinski definition) is 2. The summed E-state index contributed by atoms with van der Waals surface area (Å²) in [5.41, 5.74) is 9.47. The van der Waals surface area contributed by atoms with E-state index in [-0.39, 0.29) is 5.54 Å². The minimum absolute atomic E-state index is 0.130. The van der Waals surface area contributed by atoms with Crippen LogP contribution in [0.25, 0.3) is 0 Å². The minimum Gasteiger partial charge on any atom is -0.378 e. The zero-order valence-corrected chi connectivity index (χ0v) is 11.9. The SMILES string of the molecule is CC1CCC(N)(CCC2CCCO2)c2ccccc21. The first kappa shape index (κ1) is 13.1. The van der Waals surface area contributed by atoms with Crippen molar-refractivity contribution in [1.82, 2.24) is 0 Å². The van der Waals surface area contributed by atoms with Gasteiger partial charge in [0.2, 0.25) is 0 Å². The molecule has 2 nitrogen and oxygen atoms in total. The lowest BCUT2D eigenvalue weighted by Gasteiger charge is -2.39. The summed E-state index contributed by atoms with van der Waals surface area (Å²) in [6.07, 6.45) is 7.37. The predicted octanol–water partition coefficient (Wildman–Crippen LogP) is 3.70. The van der Waals surface area contributed by atoms with Crippen LogP contribution in [0.2, 0.25) is 0 Å². The van der Waals surface area contributed by atoms with E-state index < -0.39 is 0 Å². The molecule has 3 rings (SSSR count). The van der Waals surface area contributed by atoms with E-state index in [0.29, 0.717) is 12.0 Å². The second-order valence-electron chi connectivity index (χ2n) is 6.36. The maximum atomic E-state index is 6.76. The van der Waals surface area contributed by atoms with E-state index in [0.717, 1.165) is 25.9 Å². The highest BCUT2D eigenvalue weighted by molar-refractivity contribution is 5.38. The van der Waals surface area contributed by atoms with Crippen molar-refractivity contribution in [2.24, 2.45) is 5.73 Å². The molecule has 1 aliphatic carbocycles. The first-order valence-electron chi connectivity index (χ1n) is 7.69. The monoisotopic (exact) mass is 259 g/mol. The van der Waals surface area contributed by atoms with Crippen LogP contribution in [0.3, 0.4) is 0 Å². The van der Waals surface area contributed by atoms with Gasteiger partial charge in [0.15, 0.2) is 0 Å². The van der Waals surface area contributed by atoms with Crippen molar-refractivity contribution in [2.45, 2.75) is 63.0 Å². The lowest BCUT2D eigenvalue weighted by molar-refractivity contribution is 0.0939. The average molecular weight is 259 g/mol. The van der Waals surface area contributed by atoms with E-state index in [1.165, 1.54) is 30.4 Å². The van der Waals surface area contributed by atoms with Gasteiger partial charge in [-0.3, -0.25) is 0 Å². The molecule has 0 spiro atoms. The molecule has 2 heteroatoms. The molecule has 1 heterocycles. The van der Waals surface area contributed by atoms with Crippen LogP contribution < -0.4 is 5.73 Å². The highest BCUT2D eigenvalue weighted by atomic mass is 16.5. The highest BCUT2D eigenvalue weighted by Gasteiger charge is 2.35. The molecule has 3 unspecified atom stereocenters. The van der Waals surface area contributed by atoms with Gasteiger partial charge in [0.1, 0.15) is 0 Å². The smallest absolute Gasteiger partial charge is 0.0576 e. The summed E-state index contributed by atoms with van der Waals surface area (Å²) in [6, 6.07) is 8.76. The van der Waals surface area contributed by atoms with Crippen molar-refractivity contribution in [3.8, 4) is 0 Å². The number of nitrogens with two attached hydrogens (primary N) is 1. The molecule has 1 saturated heterocycles. The van der Waals surface area contributed by atoms with E-state index in [1.807, 2.05) is 0 Å². The summed E-state index contributed by atoms with van der Waals surface area (Å²) in [5.74, 6) is 0.649. The quantitative estimate of drug-likeness (QED) is 0.898. The third-order valence-electron chi connectivity index (χ3n) is 4.99. The molecule has 0 radical (unpaired) electrons. The summed E-state index contributed by atoms with van der Waals surface area (Å²) < 4.78 is 5.74. The number of ether oxygens (including phenoxy) is 1. The molecular weight excluding hydrogens is 234 g/mol. The Kier molecular flexibility index (Phi) is 3.64. The number of benzene rings is 1. The fraction of sp³-hybridized carbons (Fsp3) is 0.647. The van der Waals surface area contributed by atoms with E-state index in [2.05, 4.69) is 31.2 Å². The molecule has 2 aliphatic rings. The van der Waals surface area contributed by atoms with Crippen LogP contribution in [0, 0.1) is 0 Å². The first-order valence-corrected chi connectivity index (χ1v) is 7.69. The standard InChI is InChI=1S/C17H25NO/c1-13-8-10-17(18,11-9-14-5-4-12-19-14)16-7-3-2-6-15(13)16/h2-3,6-7,13-14H,4-5,8-12,18H2,1H3. The van der Waals surface area contributed by atoms with Gasteiger partial charge in [0, 0.05) is 12.1 Å². The van der Waals surface area contributed by atoms with Gasteiger partial charge in [-0.25, -0.2) is 0 Å². The Balaban J connectivity index is 1.77. The van der Waals surface area contributed by atoms with Crippen molar-refractivity contribution in [3.05, 3.63) is 35.4 Å². The lowest BCUT2D eigenvalue weighted by atomic mass is 9.70. The zero-order chi connectivity index (χ0) is 13.3. The Bertz CT molecular complexity index is 439. The summed E-state index contributed by atoms with van der Waals surface area (Å²) in [4.78, 5) is 0. The summed E-state index contributed by atoms with van der Waals surface area (Å²) in [7, 11) is 0. The summed E-state index contributed by atoms with van der Waals surface area (Å²) in [6.45, 7) is 3.26. The molecule has 0 saturated carbocycles. The summed E-state index contributed by atoms with van der Waals surface area (Å²) in [5, 5.41) is 0. The fourth-order valence-corrected chi connectivity index (χ4v) is 3.69. The lowest BCUT2D eigenvalue weighted by Crippen LogP contribution is -2.41. The van der Waals surface area contributed by atoms with Gasteiger partial charge in [-0.15, -0.1) is 0 Å². The van der Waals surface area contributed by atoms with Crippen LogP contribution in [0.4, 0.5) is 0 Å². The van der Waals surface area contributed by atoms with Gasteiger partial charge in [-0.1, -0.05) is 31.2 Å². The van der Waals surface area contributed by atoms with Crippen molar-refractivity contribution < 1.29 is 4.74 Å². The molecule has 19 heavy (non-hydrogen) atoms. The van der Waals surface area contributed by atoms with Crippen molar-refractivity contribution in [3.63, 3.8) is 0 Å². The Morgan fingerprint density at radius 3 is 2.95 bits per heavy atom. The predicted molar refractivity (Wildman–Crippen MR) is 78.2 cm³/mol. The molecular formula is C17H25NO. The molecule has 3 atom stereocenters. The van der Waals surface area contributed by atoms with E-state index in [1.54, 1.807) is 0 Å². The second-order valence-corrected chi connectivity index (χ2v) is 6.36. The molecule has 1 aliphatic heterocycles. The van der Waals surface area contributed by atoms with Gasteiger partial charge in [0.25, 0.3) is 0 Å². The number of rotatable bonds is 3. The topological polar surface area (TPSA) is 35.2 Å². The Morgan fingerprint density at radius 2 is 2.16 bits per heavy atom. The van der Waals surface area contributed by atoms with Crippen molar-refractivity contribution >= 4 is 0 Å². The Morgan fingerprint density at radius 1 is 1.32 bits per heavy atom. The largest absolute Gasteiger partial charge is 0.378 e. The second kappa shape index (κ2) is 5.26. The van der Waals surface area contributed by atoms with Gasteiger partial charge >= 0.3 is 0 Å². The molecule has 0 amide bonds. The van der Waals surface area contributed by atoms with Gasteiger partial charge in [-0.2, -0.15) is 0 Å². The normalized spacial score (nSPS) is 34.2. The molecule has 1 fully saturated rings. The third-order valence-corrected chi connectivity index (χ3v) is 4.99. The molecule has 1 aromatic rings. The van der Waals surface area contributed by atoms with Crippen LogP contribution in [0.5, 0.6) is 0 Å². The van der Waals surface area contributed by atoms with Gasteiger partial charge in [-0.05, 0) is 55.6 Å². The van der Waals surface area contributed by atoms with E-state index >= 15 is 0 Å². The third kappa shape index (κ3) is 2.56. The summed E-state index contributed by atoms with van der Waals surface area (Å²) >= 11 is 0. The number of fused-ring (bicyclic) bond motifs is 1. The van der Waals surface area contributed by atoms with Crippen LogP contribution >= 0.6 is 0 Å². The maximum absolute atomic E-state index is 6.76. The Hall–Kier alpha value is -0.860.